The highest BCUT2D eigenvalue weighted by molar-refractivity contribution is 5.59. The molecule has 2 heteroatoms. The van der Waals surface area contributed by atoms with Crippen LogP contribution in [-0.2, 0) is 9.53 Å². The largest absolute Gasteiger partial charge is 0.380 e. The van der Waals surface area contributed by atoms with Crippen LogP contribution in [0.4, 0.5) is 0 Å². The second-order valence-corrected chi connectivity index (χ2v) is 3.39. The number of carbonyl (C=O) groups excluding carboxylic acids is 1. The second kappa shape index (κ2) is 3.86. The molecule has 0 radical (unpaired) electrons. The maximum Gasteiger partial charge on any atom is 0.128 e. The fourth-order valence-electron chi connectivity index (χ4n) is 1.72. The van der Waals surface area contributed by atoms with Crippen molar-refractivity contribution in [3.63, 3.8) is 0 Å². The van der Waals surface area contributed by atoms with Crippen molar-refractivity contribution in [1.29, 1.82) is 0 Å². The lowest BCUT2D eigenvalue weighted by Gasteiger charge is -2.31. The Morgan fingerprint density at radius 2 is 2.45 bits per heavy atom. The lowest BCUT2D eigenvalue weighted by Crippen LogP contribution is -2.33. The van der Waals surface area contributed by atoms with Gasteiger partial charge in [0.05, 0.1) is 6.61 Å². The first-order chi connectivity index (χ1) is 5.33. The normalized spacial score (nSPS) is 31.7. The standard InChI is InChI=1S/C9H16O2/c1-2-4-9(7-10)5-3-6-11-8-9/h7H,2-6,8H2,1H3. The molecule has 1 aliphatic heterocycles. The molecule has 0 aliphatic carbocycles. The Morgan fingerprint density at radius 1 is 1.64 bits per heavy atom. The van der Waals surface area contributed by atoms with Crippen LogP contribution in [0.15, 0.2) is 0 Å². The minimum absolute atomic E-state index is 0.132. The fourth-order valence-corrected chi connectivity index (χ4v) is 1.72. The van der Waals surface area contributed by atoms with Crippen LogP contribution in [0.2, 0.25) is 0 Å². The van der Waals surface area contributed by atoms with Gasteiger partial charge in [-0.25, -0.2) is 0 Å². The Balaban J connectivity index is 2.49. The number of rotatable bonds is 3. The van der Waals surface area contributed by atoms with E-state index in [9.17, 15) is 4.79 Å². The smallest absolute Gasteiger partial charge is 0.128 e. The first-order valence-corrected chi connectivity index (χ1v) is 4.37. The number of carbonyl (C=O) groups is 1. The molecule has 1 saturated heterocycles. The second-order valence-electron chi connectivity index (χ2n) is 3.39. The van der Waals surface area contributed by atoms with Crippen LogP contribution in [0.25, 0.3) is 0 Å². The molecular weight excluding hydrogens is 140 g/mol. The Labute approximate surface area is 67.9 Å². The molecule has 2 nitrogen and oxygen atoms in total. The number of hydrogen-bond donors (Lipinski definition) is 0. The zero-order valence-corrected chi connectivity index (χ0v) is 7.14. The van der Waals surface area contributed by atoms with Gasteiger partial charge in [0.15, 0.2) is 0 Å². The average Bonchev–Trinajstić information content (AvgIpc) is 2.07. The van der Waals surface area contributed by atoms with E-state index in [0.717, 1.165) is 38.6 Å². The maximum atomic E-state index is 10.8. The minimum atomic E-state index is -0.132. The van der Waals surface area contributed by atoms with Crippen molar-refractivity contribution in [2.45, 2.75) is 32.6 Å². The molecule has 0 N–H and O–H groups in total. The molecule has 1 atom stereocenters. The van der Waals surface area contributed by atoms with E-state index in [1.165, 1.54) is 0 Å². The summed E-state index contributed by atoms with van der Waals surface area (Å²) in [4.78, 5) is 10.8. The van der Waals surface area contributed by atoms with Gasteiger partial charge in [-0.05, 0) is 19.3 Å². The predicted molar refractivity (Wildman–Crippen MR) is 43.5 cm³/mol. The molecule has 64 valence electrons. The first kappa shape index (κ1) is 8.72. The van der Waals surface area contributed by atoms with Crippen molar-refractivity contribution in [3.05, 3.63) is 0 Å². The fraction of sp³-hybridized carbons (Fsp3) is 0.889. The third-order valence-electron chi connectivity index (χ3n) is 2.35. The van der Waals surface area contributed by atoms with Crippen LogP contribution >= 0.6 is 0 Å². The molecule has 0 aromatic rings. The van der Waals surface area contributed by atoms with Gasteiger partial charge in [-0.15, -0.1) is 0 Å². The molecule has 1 aliphatic rings. The van der Waals surface area contributed by atoms with Crippen molar-refractivity contribution in [2.24, 2.45) is 5.41 Å². The third-order valence-corrected chi connectivity index (χ3v) is 2.35. The highest BCUT2D eigenvalue weighted by atomic mass is 16.5. The number of hydrogen-bond acceptors (Lipinski definition) is 2. The van der Waals surface area contributed by atoms with E-state index in [4.69, 9.17) is 4.74 Å². The van der Waals surface area contributed by atoms with Crippen LogP contribution in [-0.4, -0.2) is 19.5 Å². The van der Waals surface area contributed by atoms with Gasteiger partial charge in [0.1, 0.15) is 6.29 Å². The number of ether oxygens (including phenoxy) is 1. The van der Waals surface area contributed by atoms with Gasteiger partial charge < -0.3 is 9.53 Å². The van der Waals surface area contributed by atoms with Gasteiger partial charge in [0.2, 0.25) is 0 Å². The van der Waals surface area contributed by atoms with E-state index >= 15 is 0 Å². The molecule has 0 saturated carbocycles. The van der Waals surface area contributed by atoms with Gasteiger partial charge in [0, 0.05) is 12.0 Å². The van der Waals surface area contributed by atoms with Gasteiger partial charge in [0.25, 0.3) is 0 Å². The van der Waals surface area contributed by atoms with Crippen molar-refractivity contribution < 1.29 is 9.53 Å². The third kappa shape index (κ3) is 2.03. The molecule has 1 rings (SSSR count). The molecule has 1 fully saturated rings. The summed E-state index contributed by atoms with van der Waals surface area (Å²) in [5.41, 5.74) is -0.132. The van der Waals surface area contributed by atoms with Crippen molar-refractivity contribution >= 4 is 6.29 Å². The lowest BCUT2D eigenvalue weighted by atomic mass is 9.80. The summed E-state index contributed by atoms with van der Waals surface area (Å²) in [5.74, 6) is 0. The Morgan fingerprint density at radius 3 is 2.91 bits per heavy atom. The predicted octanol–water partition coefficient (Wildman–Crippen LogP) is 1.78. The molecular formula is C9H16O2. The summed E-state index contributed by atoms with van der Waals surface area (Å²) >= 11 is 0. The summed E-state index contributed by atoms with van der Waals surface area (Å²) < 4.78 is 5.30. The summed E-state index contributed by atoms with van der Waals surface area (Å²) in [6, 6.07) is 0. The van der Waals surface area contributed by atoms with Gasteiger partial charge in [-0.2, -0.15) is 0 Å². The monoisotopic (exact) mass is 156 g/mol. The van der Waals surface area contributed by atoms with Crippen molar-refractivity contribution in [2.75, 3.05) is 13.2 Å². The van der Waals surface area contributed by atoms with E-state index in [1.807, 2.05) is 0 Å². The van der Waals surface area contributed by atoms with E-state index in [0.29, 0.717) is 6.61 Å². The molecule has 0 aromatic heterocycles. The van der Waals surface area contributed by atoms with Crippen LogP contribution in [0.1, 0.15) is 32.6 Å². The van der Waals surface area contributed by atoms with Crippen LogP contribution in [0.5, 0.6) is 0 Å². The van der Waals surface area contributed by atoms with E-state index < -0.39 is 0 Å². The van der Waals surface area contributed by atoms with Gasteiger partial charge in [-0.1, -0.05) is 13.3 Å². The Bertz CT molecular complexity index is 120. The molecule has 1 heterocycles. The molecule has 0 bridgehead atoms. The zero-order valence-electron chi connectivity index (χ0n) is 7.14. The SMILES string of the molecule is CCCC1(C=O)CCCOC1. The number of aldehydes is 1. The van der Waals surface area contributed by atoms with Gasteiger partial charge in [-0.3, -0.25) is 0 Å². The molecule has 1 unspecified atom stereocenters. The minimum Gasteiger partial charge on any atom is -0.380 e. The summed E-state index contributed by atoms with van der Waals surface area (Å²) in [6.07, 6.45) is 5.21. The molecule has 0 amide bonds. The van der Waals surface area contributed by atoms with E-state index in [-0.39, 0.29) is 5.41 Å². The van der Waals surface area contributed by atoms with Gasteiger partial charge >= 0.3 is 0 Å². The quantitative estimate of drug-likeness (QED) is 0.582. The van der Waals surface area contributed by atoms with Crippen molar-refractivity contribution in [3.8, 4) is 0 Å². The molecule has 11 heavy (non-hydrogen) atoms. The van der Waals surface area contributed by atoms with Crippen molar-refractivity contribution in [1.82, 2.24) is 0 Å². The van der Waals surface area contributed by atoms with E-state index in [1.54, 1.807) is 0 Å². The average molecular weight is 156 g/mol. The highest BCUT2D eigenvalue weighted by Crippen LogP contribution is 2.30. The molecule has 0 aromatic carbocycles. The van der Waals surface area contributed by atoms with E-state index in [2.05, 4.69) is 6.92 Å². The molecule has 0 spiro atoms. The summed E-state index contributed by atoms with van der Waals surface area (Å²) in [7, 11) is 0. The Kier molecular flexibility index (Phi) is 3.06. The maximum absolute atomic E-state index is 10.8. The summed E-state index contributed by atoms with van der Waals surface area (Å²) in [5, 5.41) is 0. The van der Waals surface area contributed by atoms with Crippen LogP contribution < -0.4 is 0 Å². The zero-order chi connectivity index (χ0) is 8.16. The first-order valence-electron chi connectivity index (χ1n) is 4.37. The highest BCUT2D eigenvalue weighted by Gasteiger charge is 2.31. The van der Waals surface area contributed by atoms with Crippen LogP contribution in [0, 0.1) is 5.41 Å². The topological polar surface area (TPSA) is 26.3 Å². The van der Waals surface area contributed by atoms with Crippen LogP contribution in [0.3, 0.4) is 0 Å². The lowest BCUT2D eigenvalue weighted by molar-refractivity contribution is -0.124. The summed E-state index contributed by atoms with van der Waals surface area (Å²) in [6.45, 7) is 3.59. The Hall–Kier alpha value is -0.370.